The van der Waals surface area contributed by atoms with Gasteiger partial charge in [0.1, 0.15) is 6.54 Å². The van der Waals surface area contributed by atoms with E-state index in [4.69, 9.17) is 4.52 Å². The van der Waals surface area contributed by atoms with Crippen molar-refractivity contribution in [3.05, 3.63) is 46.5 Å². The van der Waals surface area contributed by atoms with Gasteiger partial charge in [-0.2, -0.15) is 4.98 Å². The summed E-state index contributed by atoms with van der Waals surface area (Å²) >= 11 is 0. The number of likely N-dealkylation sites (tertiary alicyclic amines) is 1. The quantitative estimate of drug-likeness (QED) is 0.777. The lowest BCUT2D eigenvalue weighted by Gasteiger charge is -2.31. The molecule has 3 heterocycles. The zero-order valence-electron chi connectivity index (χ0n) is 13.9. The largest absolute Gasteiger partial charge is 0.340 e. The van der Waals surface area contributed by atoms with Crippen molar-refractivity contribution in [2.75, 3.05) is 13.1 Å². The summed E-state index contributed by atoms with van der Waals surface area (Å²) in [5, 5.41) is 3.98. The van der Waals surface area contributed by atoms with Crippen LogP contribution in [0.3, 0.4) is 0 Å². The third kappa shape index (κ3) is 2.95. The first-order chi connectivity index (χ1) is 12.1. The van der Waals surface area contributed by atoms with Crippen LogP contribution in [0.4, 0.5) is 0 Å². The molecular weight excluding hydrogens is 322 g/mol. The Kier molecular flexibility index (Phi) is 3.87. The highest BCUT2D eigenvalue weighted by Crippen LogP contribution is 2.25. The van der Waals surface area contributed by atoms with Crippen molar-refractivity contribution in [1.29, 1.82) is 0 Å². The molecule has 0 aliphatic carbocycles. The molecule has 8 heteroatoms. The van der Waals surface area contributed by atoms with Gasteiger partial charge in [-0.25, -0.2) is 4.79 Å². The van der Waals surface area contributed by atoms with Gasteiger partial charge in [-0.3, -0.25) is 9.36 Å². The normalized spacial score (nSPS) is 18.0. The van der Waals surface area contributed by atoms with Gasteiger partial charge < -0.3 is 14.4 Å². The van der Waals surface area contributed by atoms with Crippen LogP contribution >= 0.6 is 0 Å². The number of aryl methyl sites for hydroxylation is 1. The summed E-state index contributed by atoms with van der Waals surface area (Å²) in [5.74, 6) is 1.19. The first kappa shape index (κ1) is 15.6. The molecule has 1 amide bonds. The van der Waals surface area contributed by atoms with E-state index in [-0.39, 0.29) is 24.1 Å². The highest BCUT2D eigenvalue weighted by atomic mass is 16.5. The number of piperidine rings is 1. The van der Waals surface area contributed by atoms with Gasteiger partial charge in [0, 0.05) is 25.9 Å². The van der Waals surface area contributed by atoms with Crippen molar-refractivity contribution in [2.45, 2.75) is 32.2 Å². The molecular formula is C17H19N5O3. The fourth-order valence-electron chi connectivity index (χ4n) is 3.39. The zero-order chi connectivity index (χ0) is 17.4. The predicted octanol–water partition coefficient (Wildman–Crippen LogP) is 1.43. The number of hydrogen-bond acceptors (Lipinski definition) is 5. The van der Waals surface area contributed by atoms with Crippen LogP contribution in [0.25, 0.3) is 11.0 Å². The molecule has 2 aromatic heterocycles. The van der Waals surface area contributed by atoms with Crippen LogP contribution in [-0.2, 0) is 11.3 Å². The molecule has 8 nitrogen and oxygen atoms in total. The van der Waals surface area contributed by atoms with E-state index in [0.717, 1.165) is 23.9 Å². The molecule has 1 unspecified atom stereocenters. The maximum absolute atomic E-state index is 12.7. The molecule has 1 aliphatic rings. The summed E-state index contributed by atoms with van der Waals surface area (Å²) in [6, 6.07) is 7.37. The number of benzene rings is 1. The Morgan fingerprint density at radius 3 is 3.04 bits per heavy atom. The Morgan fingerprint density at radius 1 is 1.40 bits per heavy atom. The lowest BCUT2D eigenvalue weighted by atomic mass is 9.97. The number of aromatic nitrogens is 4. The molecule has 1 N–H and O–H groups in total. The van der Waals surface area contributed by atoms with Crippen LogP contribution in [0.5, 0.6) is 0 Å². The molecule has 1 fully saturated rings. The van der Waals surface area contributed by atoms with Crippen LogP contribution in [0.1, 0.15) is 30.5 Å². The first-order valence-corrected chi connectivity index (χ1v) is 8.37. The number of carbonyl (C=O) groups excluding carboxylic acids is 1. The van der Waals surface area contributed by atoms with E-state index in [2.05, 4.69) is 15.1 Å². The predicted molar refractivity (Wildman–Crippen MR) is 90.1 cm³/mol. The lowest BCUT2D eigenvalue weighted by Crippen LogP contribution is -2.42. The standard InChI is InChI=1S/C17H19N5O3/c1-11-18-16(20-25-11)12-5-4-8-21(9-12)15(23)10-22-14-7-3-2-6-13(14)19-17(22)24/h2-3,6-7,12H,4-5,8-10H2,1H3,(H,19,24). The molecule has 0 saturated carbocycles. The van der Waals surface area contributed by atoms with Crippen molar-refractivity contribution in [3.8, 4) is 0 Å². The second-order valence-corrected chi connectivity index (χ2v) is 6.38. The van der Waals surface area contributed by atoms with Crippen molar-refractivity contribution >= 4 is 16.9 Å². The summed E-state index contributed by atoms with van der Waals surface area (Å²) in [7, 11) is 0. The fourth-order valence-corrected chi connectivity index (χ4v) is 3.39. The molecule has 3 aromatic rings. The fraction of sp³-hybridized carbons (Fsp3) is 0.412. The monoisotopic (exact) mass is 341 g/mol. The molecule has 4 rings (SSSR count). The highest BCUT2D eigenvalue weighted by molar-refractivity contribution is 5.80. The number of imidazole rings is 1. The third-order valence-corrected chi connectivity index (χ3v) is 4.66. The Balaban J connectivity index is 1.52. The smallest absolute Gasteiger partial charge is 0.326 e. The number of rotatable bonds is 3. The molecule has 1 aliphatic heterocycles. The SMILES string of the molecule is Cc1nc(C2CCCN(C(=O)Cn3c(=O)[nH]c4ccccc43)C2)no1. The molecule has 25 heavy (non-hydrogen) atoms. The number of nitrogens with one attached hydrogen (secondary N) is 1. The molecule has 1 saturated heterocycles. The van der Waals surface area contributed by atoms with Crippen LogP contribution in [-0.4, -0.2) is 43.6 Å². The van der Waals surface area contributed by atoms with Crippen molar-refractivity contribution in [3.63, 3.8) is 0 Å². The van der Waals surface area contributed by atoms with Gasteiger partial charge in [0.05, 0.1) is 11.0 Å². The van der Waals surface area contributed by atoms with Gasteiger partial charge in [-0.1, -0.05) is 17.3 Å². The van der Waals surface area contributed by atoms with E-state index in [1.165, 1.54) is 4.57 Å². The van der Waals surface area contributed by atoms with Gasteiger partial charge in [0.2, 0.25) is 11.8 Å². The topological polar surface area (TPSA) is 97.0 Å². The highest BCUT2D eigenvalue weighted by Gasteiger charge is 2.28. The summed E-state index contributed by atoms with van der Waals surface area (Å²) < 4.78 is 6.53. The lowest BCUT2D eigenvalue weighted by molar-refractivity contribution is -0.133. The van der Waals surface area contributed by atoms with Gasteiger partial charge in [-0.05, 0) is 25.0 Å². The number of amides is 1. The number of aromatic amines is 1. The van der Waals surface area contributed by atoms with Gasteiger partial charge in [0.25, 0.3) is 0 Å². The second-order valence-electron chi connectivity index (χ2n) is 6.38. The minimum Gasteiger partial charge on any atom is -0.340 e. The van der Waals surface area contributed by atoms with E-state index in [9.17, 15) is 9.59 Å². The molecule has 1 aromatic carbocycles. The average Bonchev–Trinajstić information content (AvgIpc) is 3.19. The van der Waals surface area contributed by atoms with Crippen molar-refractivity contribution in [1.82, 2.24) is 24.6 Å². The summed E-state index contributed by atoms with van der Waals surface area (Å²) in [4.78, 5) is 33.7. The van der Waals surface area contributed by atoms with Crippen LogP contribution in [0.2, 0.25) is 0 Å². The zero-order valence-corrected chi connectivity index (χ0v) is 13.9. The van der Waals surface area contributed by atoms with E-state index in [1.807, 2.05) is 24.3 Å². The van der Waals surface area contributed by atoms with Crippen LogP contribution in [0, 0.1) is 6.92 Å². The van der Waals surface area contributed by atoms with Gasteiger partial charge in [0.15, 0.2) is 5.82 Å². The van der Waals surface area contributed by atoms with Crippen molar-refractivity contribution in [2.24, 2.45) is 0 Å². The van der Waals surface area contributed by atoms with Gasteiger partial charge in [-0.15, -0.1) is 0 Å². The number of H-pyrrole nitrogens is 1. The third-order valence-electron chi connectivity index (χ3n) is 4.66. The summed E-state index contributed by atoms with van der Waals surface area (Å²) in [6.07, 6.45) is 1.81. The van der Waals surface area contributed by atoms with E-state index >= 15 is 0 Å². The molecule has 1 atom stereocenters. The first-order valence-electron chi connectivity index (χ1n) is 8.37. The number of para-hydroxylation sites is 2. The maximum atomic E-state index is 12.7. The number of fused-ring (bicyclic) bond motifs is 1. The molecule has 0 spiro atoms. The Morgan fingerprint density at radius 2 is 2.24 bits per heavy atom. The number of carbonyl (C=O) groups is 1. The summed E-state index contributed by atoms with van der Waals surface area (Å²) in [5.41, 5.74) is 1.21. The minimum atomic E-state index is -0.267. The van der Waals surface area contributed by atoms with Crippen molar-refractivity contribution < 1.29 is 9.32 Å². The van der Waals surface area contributed by atoms with Crippen LogP contribution in [0.15, 0.2) is 33.6 Å². The van der Waals surface area contributed by atoms with E-state index < -0.39 is 0 Å². The number of hydrogen-bond donors (Lipinski definition) is 1. The molecule has 0 radical (unpaired) electrons. The summed E-state index contributed by atoms with van der Waals surface area (Å²) in [6.45, 7) is 3.02. The Hall–Kier alpha value is -2.90. The average molecular weight is 341 g/mol. The minimum absolute atomic E-state index is 0.0286. The Labute approximate surface area is 143 Å². The maximum Gasteiger partial charge on any atom is 0.326 e. The molecule has 130 valence electrons. The molecule has 0 bridgehead atoms. The second kappa shape index (κ2) is 6.19. The number of nitrogens with zero attached hydrogens (tertiary/aromatic N) is 4. The van der Waals surface area contributed by atoms with Gasteiger partial charge >= 0.3 is 5.69 Å². The van der Waals surface area contributed by atoms with E-state index in [0.29, 0.717) is 24.8 Å². The van der Waals surface area contributed by atoms with E-state index in [1.54, 1.807) is 11.8 Å². The Bertz CT molecular complexity index is 970. The van der Waals surface area contributed by atoms with Crippen LogP contribution < -0.4 is 5.69 Å².